The van der Waals surface area contributed by atoms with E-state index in [9.17, 15) is 4.79 Å². The van der Waals surface area contributed by atoms with Crippen LogP contribution < -0.4 is 16.8 Å². The van der Waals surface area contributed by atoms with Gasteiger partial charge in [-0.3, -0.25) is 9.78 Å². The van der Waals surface area contributed by atoms with Crippen molar-refractivity contribution in [3.63, 3.8) is 0 Å². The fourth-order valence-electron chi connectivity index (χ4n) is 2.47. The lowest BCUT2D eigenvalue weighted by Gasteiger charge is -2.15. The highest BCUT2D eigenvalue weighted by atomic mass is 16.1. The second kappa shape index (κ2) is 9.02. The second-order valence-electron chi connectivity index (χ2n) is 5.56. The molecule has 1 atom stereocenters. The van der Waals surface area contributed by atoms with Gasteiger partial charge in [0.25, 0.3) is 0 Å². The van der Waals surface area contributed by atoms with E-state index in [2.05, 4.69) is 16.4 Å². The van der Waals surface area contributed by atoms with Crippen LogP contribution >= 0.6 is 0 Å². The van der Waals surface area contributed by atoms with Crippen molar-refractivity contribution in [1.29, 1.82) is 0 Å². The molecule has 0 spiro atoms. The minimum Gasteiger partial charge on any atom is -0.368 e. The summed E-state index contributed by atoms with van der Waals surface area (Å²) < 4.78 is 0. The van der Waals surface area contributed by atoms with Crippen LogP contribution in [0.15, 0.2) is 48.8 Å². The van der Waals surface area contributed by atoms with E-state index in [1.165, 1.54) is 0 Å². The van der Waals surface area contributed by atoms with Crippen LogP contribution in [0.5, 0.6) is 0 Å². The molecule has 2 rings (SSSR count). The van der Waals surface area contributed by atoms with Crippen LogP contribution in [0, 0.1) is 0 Å². The Kier molecular flexibility index (Phi) is 6.72. The van der Waals surface area contributed by atoms with Gasteiger partial charge in [0, 0.05) is 18.9 Å². The molecule has 1 aromatic heterocycles. The lowest BCUT2D eigenvalue weighted by Crippen LogP contribution is -2.40. The Bertz CT molecular complexity index is 615. The molecule has 0 fully saturated rings. The van der Waals surface area contributed by atoms with Gasteiger partial charge in [0.15, 0.2) is 0 Å². The zero-order valence-corrected chi connectivity index (χ0v) is 13.2. The number of nitrogens with two attached hydrogens (primary N) is 2. The van der Waals surface area contributed by atoms with Gasteiger partial charge in [-0.2, -0.15) is 0 Å². The number of carbonyl (C=O) groups is 1. The van der Waals surface area contributed by atoms with Crippen LogP contribution in [0.3, 0.4) is 0 Å². The van der Waals surface area contributed by atoms with E-state index in [1.807, 2.05) is 36.5 Å². The highest BCUT2D eigenvalue weighted by Crippen LogP contribution is 2.19. The first-order valence-corrected chi connectivity index (χ1v) is 7.93. The van der Waals surface area contributed by atoms with Crippen molar-refractivity contribution in [2.75, 3.05) is 6.54 Å². The number of nitrogens with zero attached hydrogens (tertiary/aromatic N) is 1. The van der Waals surface area contributed by atoms with Gasteiger partial charge in [-0.25, -0.2) is 0 Å². The Morgan fingerprint density at radius 2 is 2.00 bits per heavy atom. The maximum atomic E-state index is 11.5. The summed E-state index contributed by atoms with van der Waals surface area (Å²) in [6.45, 7) is 1.24. The van der Waals surface area contributed by atoms with Gasteiger partial charge in [-0.1, -0.05) is 30.7 Å². The Morgan fingerprint density at radius 1 is 1.17 bits per heavy atom. The Labute approximate surface area is 137 Å². The average Bonchev–Trinajstić information content (AvgIpc) is 2.59. The average molecular weight is 312 g/mol. The summed E-state index contributed by atoms with van der Waals surface area (Å²) in [6, 6.07) is 11.8. The third-order valence-corrected chi connectivity index (χ3v) is 3.76. The van der Waals surface area contributed by atoms with Gasteiger partial charge < -0.3 is 16.8 Å². The summed E-state index contributed by atoms with van der Waals surface area (Å²) in [4.78, 5) is 15.7. The molecule has 1 heterocycles. The molecule has 122 valence electrons. The van der Waals surface area contributed by atoms with E-state index in [0.29, 0.717) is 13.1 Å². The number of hydrogen-bond acceptors (Lipinski definition) is 4. The molecule has 0 aliphatic heterocycles. The number of amides is 1. The maximum Gasteiger partial charge on any atom is 0.234 e. The maximum absolute atomic E-state index is 11.5. The predicted octanol–water partition coefficient (Wildman–Crippen LogP) is 1.82. The van der Waals surface area contributed by atoms with Crippen LogP contribution in [-0.4, -0.2) is 23.5 Å². The molecule has 1 aromatic carbocycles. The third-order valence-electron chi connectivity index (χ3n) is 3.76. The zero-order chi connectivity index (χ0) is 16.5. The first kappa shape index (κ1) is 17.1. The molecule has 0 saturated heterocycles. The number of rotatable bonds is 9. The number of benzene rings is 1. The van der Waals surface area contributed by atoms with Crippen LogP contribution in [0.1, 0.15) is 24.8 Å². The Morgan fingerprint density at radius 3 is 2.70 bits per heavy atom. The smallest absolute Gasteiger partial charge is 0.234 e. The van der Waals surface area contributed by atoms with Gasteiger partial charge >= 0.3 is 0 Å². The summed E-state index contributed by atoms with van der Waals surface area (Å²) >= 11 is 0. The highest BCUT2D eigenvalue weighted by Gasteiger charge is 2.13. The topological polar surface area (TPSA) is 94.0 Å². The van der Waals surface area contributed by atoms with Crippen molar-refractivity contribution in [2.45, 2.75) is 31.8 Å². The fraction of sp³-hybridized carbons (Fsp3) is 0.333. The van der Waals surface area contributed by atoms with Gasteiger partial charge in [0.1, 0.15) is 0 Å². The number of primary amides is 1. The van der Waals surface area contributed by atoms with Gasteiger partial charge in [-0.15, -0.1) is 0 Å². The normalized spacial score (nSPS) is 12.0. The minimum atomic E-state index is -0.316. The number of aromatic nitrogens is 1. The van der Waals surface area contributed by atoms with E-state index in [1.54, 1.807) is 6.20 Å². The molecule has 0 aliphatic rings. The van der Waals surface area contributed by atoms with Crippen molar-refractivity contribution < 1.29 is 4.79 Å². The SMILES string of the molecule is NCCCC[C@H](NCc1cccc(-c2cccnc2)c1)C(N)=O. The quantitative estimate of drug-likeness (QED) is 0.616. The molecule has 1 amide bonds. The molecule has 0 saturated carbocycles. The van der Waals surface area contributed by atoms with Gasteiger partial charge in [0.2, 0.25) is 5.91 Å². The molecular weight excluding hydrogens is 288 g/mol. The Balaban J connectivity index is 1.98. The minimum absolute atomic E-state index is 0.314. The molecule has 2 aromatic rings. The number of pyridine rings is 1. The lowest BCUT2D eigenvalue weighted by molar-refractivity contribution is -0.120. The van der Waals surface area contributed by atoms with Crippen molar-refractivity contribution in [3.05, 3.63) is 54.4 Å². The molecule has 5 N–H and O–H groups in total. The Hall–Kier alpha value is -2.24. The summed E-state index contributed by atoms with van der Waals surface area (Å²) in [5, 5.41) is 3.24. The van der Waals surface area contributed by atoms with Crippen molar-refractivity contribution in [2.24, 2.45) is 11.5 Å². The molecule has 5 heteroatoms. The molecular formula is C18H24N4O. The standard InChI is InChI=1S/C18H24N4O/c19-9-2-1-8-17(18(20)23)22-12-14-5-3-6-15(11-14)16-7-4-10-21-13-16/h3-7,10-11,13,17,22H,1-2,8-9,12,19H2,(H2,20,23)/t17-/m0/s1. The van der Waals surface area contributed by atoms with Gasteiger partial charge in [0.05, 0.1) is 6.04 Å². The molecule has 0 unspecified atom stereocenters. The first-order chi connectivity index (χ1) is 11.2. The molecule has 0 aliphatic carbocycles. The van der Waals surface area contributed by atoms with Gasteiger partial charge in [-0.05, 0) is 48.2 Å². The monoisotopic (exact) mass is 312 g/mol. The number of nitrogens with one attached hydrogen (secondary N) is 1. The first-order valence-electron chi connectivity index (χ1n) is 7.93. The largest absolute Gasteiger partial charge is 0.368 e. The van der Waals surface area contributed by atoms with Crippen molar-refractivity contribution in [1.82, 2.24) is 10.3 Å². The highest BCUT2D eigenvalue weighted by molar-refractivity contribution is 5.79. The van der Waals surface area contributed by atoms with Crippen LogP contribution in [-0.2, 0) is 11.3 Å². The summed E-state index contributed by atoms with van der Waals surface area (Å²) in [5.74, 6) is -0.314. The predicted molar refractivity (Wildman–Crippen MR) is 92.4 cm³/mol. The van der Waals surface area contributed by atoms with Crippen LogP contribution in [0.25, 0.3) is 11.1 Å². The molecule has 5 nitrogen and oxygen atoms in total. The number of hydrogen-bond donors (Lipinski definition) is 3. The van der Waals surface area contributed by atoms with Crippen LogP contribution in [0.2, 0.25) is 0 Å². The fourth-order valence-corrected chi connectivity index (χ4v) is 2.47. The molecule has 0 bridgehead atoms. The van der Waals surface area contributed by atoms with E-state index >= 15 is 0 Å². The summed E-state index contributed by atoms with van der Waals surface area (Å²) in [5.41, 5.74) is 14.2. The zero-order valence-electron chi connectivity index (χ0n) is 13.2. The number of carbonyl (C=O) groups excluding carboxylic acids is 1. The van der Waals surface area contributed by atoms with Crippen molar-refractivity contribution in [3.8, 4) is 11.1 Å². The van der Waals surface area contributed by atoms with E-state index in [4.69, 9.17) is 11.5 Å². The summed E-state index contributed by atoms with van der Waals surface area (Å²) in [7, 11) is 0. The van der Waals surface area contributed by atoms with E-state index < -0.39 is 0 Å². The third kappa shape index (κ3) is 5.47. The van der Waals surface area contributed by atoms with Crippen molar-refractivity contribution >= 4 is 5.91 Å². The molecule has 0 radical (unpaired) electrons. The second-order valence-corrected chi connectivity index (χ2v) is 5.56. The van der Waals surface area contributed by atoms with E-state index in [-0.39, 0.29) is 11.9 Å². The summed E-state index contributed by atoms with van der Waals surface area (Å²) in [6.07, 6.45) is 6.11. The molecule has 23 heavy (non-hydrogen) atoms. The number of unbranched alkanes of at least 4 members (excludes halogenated alkanes) is 1. The lowest BCUT2D eigenvalue weighted by atomic mass is 10.0. The van der Waals surface area contributed by atoms with E-state index in [0.717, 1.165) is 36.0 Å². The van der Waals surface area contributed by atoms with Crippen LogP contribution in [0.4, 0.5) is 0 Å².